The number of amides is 2. The van der Waals surface area contributed by atoms with Gasteiger partial charge >= 0.3 is 6.09 Å². The first-order chi connectivity index (χ1) is 17.6. The number of nitrogens with two attached hydrogens (primary N) is 1. The molecule has 1 spiro atoms. The second kappa shape index (κ2) is 11.1. The SMILES string of the molecule is CO[C@@H]1[C@H](OC(=O)NCCc2ccc(NC(=O)[C@H](C)N)cc2)CC[C@]2(CO2)[C@H]1[C@]1(C)O[C@@H]1CC=C(C)C. The van der Waals surface area contributed by atoms with E-state index in [0.29, 0.717) is 31.7 Å². The highest BCUT2D eigenvalue weighted by Gasteiger charge is 2.72. The lowest BCUT2D eigenvalue weighted by Gasteiger charge is -2.42. The first-order valence-corrected chi connectivity index (χ1v) is 13.2. The Morgan fingerprint density at radius 1 is 1.27 bits per heavy atom. The molecule has 2 saturated heterocycles. The molecule has 2 heterocycles. The second-order valence-corrected chi connectivity index (χ2v) is 11.0. The largest absolute Gasteiger partial charge is 0.443 e. The third-order valence-corrected chi connectivity index (χ3v) is 7.81. The Kier molecular flexibility index (Phi) is 8.28. The highest BCUT2D eigenvalue weighted by Crippen LogP contribution is 2.59. The average Bonchev–Trinajstić information content (AvgIpc) is 3.77. The molecule has 0 aromatic heterocycles. The number of methoxy groups -OCH3 is 1. The van der Waals surface area contributed by atoms with E-state index in [-0.39, 0.29) is 41.3 Å². The molecular weight excluding hydrogens is 474 g/mol. The minimum absolute atomic E-state index is 0.00613. The van der Waals surface area contributed by atoms with Crippen LogP contribution in [-0.4, -0.2) is 67.8 Å². The molecule has 0 unspecified atom stereocenters. The van der Waals surface area contributed by atoms with E-state index < -0.39 is 12.1 Å². The molecule has 4 rings (SSSR count). The van der Waals surface area contributed by atoms with Crippen LogP contribution in [0.2, 0.25) is 0 Å². The monoisotopic (exact) mass is 515 g/mol. The summed E-state index contributed by atoms with van der Waals surface area (Å²) in [6.45, 7) is 9.06. The quantitative estimate of drug-likeness (QED) is 0.322. The maximum Gasteiger partial charge on any atom is 0.407 e. The molecule has 1 aromatic rings. The summed E-state index contributed by atoms with van der Waals surface area (Å²) in [7, 11) is 1.67. The van der Waals surface area contributed by atoms with Crippen molar-refractivity contribution in [1.82, 2.24) is 5.32 Å². The normalized spacial score (nSPS) is 32.8. The van der Waals surface area contributed by atoms with Crippen molar-refractivity contribution in [3.05, 3.63) is 41.5 Å². The van der Waals surface area contributed by atoms with Crippen molar-refractivity contribution in [2.45, 2.75) is 88.9 Å². The second-order valence-electron chi connectivity index (χ2n) is 11.0. The number of benzene rings is 1. The van der Waals surface area contributed by atoms with Crippen LogP contribution < -0.4 is 16.4 Å². The van der Waals surface area contributed by atoms with Gasteiger partial charge < -0.3 is 35.3 Å². The molecule has 7 atom stereocenters. The molecular formula is C28H41N3O6. The molecule has 9 heteroatoms. The number of epoxide rings is 2. The van der Waals surface area contributed by atoms with Crippen LogP contribution in [0.3, 0.4) is 0 Å². The summed E-state index contributed by atoms with van der Waals surface area (Å²) >= 11 is 0. The molecule has 1 saturated carbocycles. The molecule has 37 heavy (non-hydrogen) atoms. The first kappa shape index (κ1) is 27.6. The number of anilines is 1. The highest BCUT2D eigenvalue weighted by atomic mass is 16.6. The molecule has 3 fully saturated rings. The van der Waals surface area contributed by atoms with E-state index in [1.54, 1.807) is 14.0 Å². The van der Waals surface area contributed by atoms with Gasteiger partial charge in [-0.15, -0.1) is 0 Å². The minimum Gasteiger partial charge on any atom is -0.443 e. The van der Waals surface area contributed by atoms with E-state index in [4.69, 9.17) is 24.7 Å². The Morgan fingerprint density at radius 3 is 2.57 bits per heavy atom. The van der Waals surface area contributed by atoms with Crippen LogP contribution in [0.1, 0.15) is 52.5 Å². The Morgan fingerprint density at radius 2 is 1.97 bits per heavy atom. The molecule has 3 aliphatic rings. The molecule has 2 aliphatic heterocycles. The van der Waals surface area contributed by atoms with Gasteiger partial charge in [0.2, 0.25) is 5.91 Å². The van der Waals surface area contributed by atoms with Crippen LogP contribution in [0.5, 0.6) is 0 Å². The molecule has 0 radical (unpaired) electrons. The maximum atomic E-state index is 12.7. The fraction of sp³-hybridized carbons (Fsp3) is 0.643. The zero-order chi connectivity index (χ0) is 26.8. The number of rotatable bonds is 10. The summed E-state index contributed by atoms with van der Waals surface area (Å²) in [5.74, 6) is -0.241. The number of hydrogen-bond acceptors (Lipinski definition) is 7. The maximum absolute atomic E-state index is 12.7. The standard InChI is InChI=1S/C28H41N3O6/c1-17(2)6-11-22-27(4,37-22)24-23(34-5)21(12-14-28(24)16-35-28)36-26(33)30-15-13-19-7-9-20(10-8-19)31-25(32)18(3)29/h6-10,18,21-24H,11-16,29H2,1-5H3,(H,30,33)(H,31,32)/t18-,21+,22+,23+,24+,27+,28-/m0/s1. The summed E-state index contributed by atoms with van der Waals surface area (Å²) < 4.78 is 24.0. The van der Waals surface area contributed by atoms with Gasteiger partial charge in [0, 0.05) is 19.3 Å². The van der Waals surface area contributed by atoms with E-state index in [0.717, 1.165) is 18.4 Å². The Bertz CT molecular complexity index is 1000. The highest BCUT2D eigenvalue weighted by molar-refractivity contribution is 5.94. The smallest absolute Gasteiger partial charge is 0.407 e. The van der Waals surface area contributed by atoms with Gasteiger partial charge in [-0.05, 0) is 71.1 Å². The number of alkyl carbamates (subject to hydrolysis) is 1. The van der Waals surface area contributed by atoms with Crippen LogP contribution in [0.15, 0.2) is 35.9 Å². The predicted octanol–water partition coefficient (Wildman–Crippen LogP) is 3.32. The van der Waals surface area contributed by atoms with Crippen molar-refractivity contribution in [1.29, 1.82) is 0 Å². The molecule has 9 nitrogen and oxygen atoms in total. The molecule has 204 valence electrons. The Labute approximate surface area is 219 Å². The first-order valence-electron chi connectivity index (χ1n) is 13.2. The number of ether oxygens (including phenoxy) is 4. The van der Waals surface area contributed by atoms with E-state index >= 15 is 0 Å². The molecule has 0 bridgehead atoms. The van der Waals surface area contributed by atoms with Gasteiger partial charge in [0.05, 0.1) is 24.7 Å². The van der Waals surface area contributed by atoms with Crippen LogP contribution >= 0.6 is 0 Å². The van der Waals surface area contributed by atoms with E-state index in [1.165, 1.54) is 5.57 Å². The van der Waals surface area contributed by atoms with Gasteiger partial charge in [0.1, 0.15) is 23.4 Å². The minimum atomic E-state index is -0.571. The lowest BCUT2D eigenvalue weighted by atomic mass is 9.68. The zero-order valence-electron chi connectivity index (χ0n) is 22.5. The van der Waals surface area contributed by atoms with Crippen molar-refractivity contribution in [3.8, 4) is 0 Å². The van der Waals surface area contributed by atoms with Gasteiger partial charge in [0.25, 0.3) is 0 Å². The van der Waals surface area contributed by atoms with Crippen LogP contribution in [0, 0.1) is 5.92 Å². The fourth-order valence-corrected chi connectivity index (χ4v) is 5.57. The van der Waals surface area contributed by atoms with E-state index in [2.05, 4.69) is 37.5 Å². The van der Waals surface area contributed by atoms with Crippen LogP contribution in [0.4, 0.5) is 10.5 Å². The van der Waals surface area contributed by atoms with Crippen molar-refractivity contribution in [2.75, 3.05) is 25.6 Å². The van der Waals surface area contributed by atoms with Crippen LogP contribution in [-0.2, 0) is 30.2 Å². The Balaban J connectivity index is 1.29. The summed E-state index contributed by atoms with van der Waals surface area (Å²) in [4.78, 5) is 24.4. The lowest BCUT2D eigenvalue weighted by molar-refractivity contribution is -0.118. The number of allylic oxidation sites excluding steroid dienone is 1. The van der Waals surface area contributed by atoms with E-state index in [9.17, 15) is 9.59 Å². The summed E-state index contributed by atoms with van der Waals surface area (Å²) in [6.07, 6.45) is 4.17. The summed E-state index contributed by atoms with van der Waals surface area (Å²) in [5, 5.41) is 5.61. The van der Waals surface area contributed by atoms with Gasteiger partial charge in [-0.3, -0.25) is 4.79 Å². The molecule has 4 N–H and O–H groups in total. The molecule has 2 amide bonds. The molecule has 1 aromatic carbocycles. The van der Waals surface area contributed by atoms with Crippen LogP contribution in [0.25, 0.3) is 0 Å². The summed E-state index contributed by atoms with van der Waals surface area (Å²) in [6, 6.07) is 6.89. The van der Waals surface area contributed by atoms with Gasteiger partial charge in [-0.2, -0.15) is 0 Å². The third-order valence-electron chi connectivity index (χ3n) is 7.81. The van der Waals surface area contributed by atoms with Gasteiger partial charge in [-0.25, -0.2) is 4.79 Å². The predicted molar refractivity (Wildman–Crippen MR) is 140 cm³/mol. The van der Waals surface area contributed by atoms with Crippen molar-refractivity contribution < 1.29 is 28.5 Å². The number of carbonyl (C=O) groups excluding carboxylic acids is 2. The molecule has 1 aliphatic carbocycles. The Hall–Kier alpha value is -2.46. The number of nitrogens with one attached hydrogen (secondary N) is 2. The van der Waals surface area contributed by atoms with Gasteiger partial charge in [-0.1, -0.05) is 23.8 Å². The zero-order valence-corrected chi connectivity index (χ0v) is 22.5. The lowest BCUT2D eigenvalue weighted by Crippen LogP contribution is -2.56. The number of carbonyl (C=O) groups is 2. The van der Waals surface area contributed by atoms with Gasteiger partial charge in [0.15, 0.2) is 0 Å². The topological polar surface area (TPSA) is 128 Å². The van der Waals surface area contributed by atoms with Crippen molar-refractivity contribution in [2.24, 2.45) is 11.7 Å². The fourth-order valence-electron chi connectivity index (χ4n) is 5.57. The average molecular weight is 516 g/mol. The summed E-state index contributed by atoms with van der Waals surface area (Å²) in [5.41, 5.74) is 7.95. The third kappa shape index (κ3) is 6.34. The van der Waals surface area contributed by atoms with E-state index in [1.807, 2.05) is 24.3 Å². The van der Waals surface area contributed by atoms with Crippen molar-refractivity contribution in [3.63, 3.8) is 0 Å². The number of hydrogen-bond donors (Lipinski definition) is 3. The van der Waals surface area contributed by atoms with Crippen molar-refractivity contribution >= 4 is 17.7 Å².